The molecule has 0 saturated heterocycles. The molecule has 0 amide bonds. The summed E-state index contributed by atoms with van der Waals surface area (Å²) < 4.78 is 0. The van der Waals surface area contributed by atoms with E-state index in [0.717, 1.165) is 11.3 Å². The minimum Gasteiger partial charge on any atom is -0.378 e. The van der Waals surface area contributed by atoms with E-state index in [0.29, 0.717) is 12.1 Å². The van der Waals surface area contributed by atoms with Crippen molar-refractivity contribution in [3.05, 3.63) is 46.4 Å². The number of carbonyl (C=O) groups is 1. The van der Waals surface area contributed by atoms with Gasteiger partial charge < -0.3 is 9.88 Å². The van der Waals surface area contributed by atoms with Crippen LogP contribution in [0.25, 0.3) is 11.4 Å². The summed E-state index contributed by atoms with van der Waals surface area (Å²) in [6.45, 7) is 0. The monoisotopic (exact) mass is 243 g/mol. The summed E-state index contributed by atoms with van der Waals surface area (Å²) in [7, 11) is 3.89. The molecule has 1 aromatic carbocycles. The number of H-pyrrole nitrogens is 1. The Balaban J connectivity index is 2.45. The van der Waals surface area contributed by atoms with Crippen LogP contribution in [0.15, 0.2) is 35.1 Å². The second-order valence-electron chi connectivity index (χ2n) is 4.08. The first-order valence-electron chi connectivity index (χ1n) is 5.44. The minimum atomic E-state index is -0.334. The highest BCUT2D eigenvalue weighted by Gasteiger charge is 2.04. The lowest BCUT2D eigenvalue weighted by atomic mass is 10.2. The fourth-order valence-corrected chi connectivity index (χ4v) is 1.59. The molecule has 5 heteroatoms. The zero-order chi connectivity index (χ0) is 13.1. The molecule has 0 spiro atoms. The third-order valence-electron chi connectivity index (χ3n) is 2.54. The molecule has 0 fully saturated rings. The van der Waals surface area contributed by atoms with E-state index in [9.17, 15) is 9.59 Å². The number of nitrogens with one attached hydrogen (secondary N) is 1. The average molecular weight is 243 g/mol. The Morgan fingerprint density at radius 1 is 1.22 bits per heavy atom. The van der Waals surface area contributed by atoms with Crippen molar-refractivity contribution in [2.24, 2.45) is 0 Å². The molecule has 1 N–H and O–H groups in total. The summed E-state index contributed by atoms with van der Waals surface area (Å²) in [6, 6.07) is 8.71. The smallest absolute Gasteiger partial charge is 0.251 e. The lowest BCUT2D eigenvalue weighted by molar-refractivity contribution is 0.111. The zero-order valence-corrected chi connectivity index (χ0v) is 10.2. The van der Waals surface area contributed by atoms with E-state index >= 15 is 0 Å². The molecule has 0 aliphatic carbocycles. The number of aromatic amines is 1. The molecule has 0 bridgehead atoms. The van der Waals surface area contributed by atoms with Crippen molar-refractivity contribution in [2.75, 3.05) is 19.0 Å². The molecule has 0 saturated carbocycles. The van der Waals surface area contributed by atoms with Crippen molar-refractivity contribution in [3.8, 4) is 11.4 Å². The topological polar surface area (TPSA) is 66.1 Å². The summed E-state index contributed by atoms with van der Waals surface area (Å²) in [5.74, 6) is 0.398. The van der Waals surface area contributed by atoms with Crippen LogP contribution in [0.5, 0.6) is 0 Å². The lowest BCUT2D eigenvalue weighted by Crippen LogP contribution is -2.10. The molecular weight excluding hydrogens is 230 g/mol. The highest BCUT2D eigenvalue weighted by atomic mass is 16.1. The number of anilines is 1. The summed E-state index contributed by atoms with van der Waals surface area (Å²) in [4.78, 5) is 30.7. The Hall–Kier alpha value is -2.43. The normalized spacial score (nSPS) is 10.1. The van der Waals surface area contributed by atoms with Crippen molar-refractivity contribution >= 4 is 12.0 Å². The van der Waals surface area contributed by atoms with Gasteiger partial charge in [-0.2, -0.15) is 0 Å². The molecule has 18 heavy (non-hydrogen) atoms. The summed E-state index contributed by atoms with van der Waals surface area (Å²) >= 11 is 0. The van der Waals surface area contributed by atoms with Crippen molar-refractivity contribution in [1.29, 1.82) is 0 Å². The second-order valence-corrected chi connectivity index (χ2v) is 4.08. The van der Waals surface area contributed by atoms with Crippen LogP contribution in [0.1, 0.15) is 10.5 Å². The van der Waals surface area contributed by atoms with Gasteiger partial charge in [0.15, 0.2) is 6.29 Å². The molecule has 0 aliphatic heterocycles. The van der Waals surface area contributed by atoms with Gasteiger partial charge in [0, 0.05) is 31.4 Å². The van der Waals surface area contributed by atoms with Crippen LogP contribution < -0.4 is 10.5 Å². The highest BCUT2D eigenvalue weighted by molar-refractivity contribution is 5.73. The molecule has 0 radical (unpaired) electrons. The van der Waals surface area contributed by atoms with E-state index in [-0.39, 0.29) is 11.3 Å². The van der Waals surface area contributed by atoms with Gasteiger partial charge in [-0.05, 0) is 24.3 Å². The predicted molar refractivity (Wildman–Crippen MR) is 70.0 cm³/mol. The maximum atomic E-state index is 11.4. The molecule has 0 unspecified atom stereocenters. The maximum absolute atomic E-state index is 11.4. The van der Waals surface area contributed by atoms with Gasteiger partial charge >= 0.3 is 0 Å². The van der Waals surface area contributed by atoms with E-state index in [1.165, 1.54) is 6.07 Å². The first kappa shape index (κ1) is 12.0. The number of benzene rings is 1. The fraction of sp³-hybridized carbons (Fsp3) is 0.154. The molecule has 2 aromatic rings. The Morgan fingerprint density at radius 2 is 1.89 bits per heavy atom. The van der Waals surface area contributed by atoms with Gasteiger partial charge in [-0.15, -0.1) is 0 Å². The Labute approximate surface area is 104 Å². The summed E-state index contributed by atoms with van der Waals surface area (Å²) in [5.41, 5.74) is 1.61. The van der Waals surface area contributed by atoms with E-state index in [1.54, 1.807) is 0 Å². The van der Waals surface area contributed by atoms with Crippen LogP contribution in [-0.4, -0.2) is 30.3 Å². The number of nitrogens with zero attached hydrogens (tertiary/aromatic N) is 2. The average Bonchev–Trinajstić information content (AvgIpc) is 2.38. The van der Waals surface area contributed by atoms with Crippen molar-refractivity contribution < 1.29 is 4.79 Å². The van der Waals surface area contributed by atoms with Gasteiger partial charge in [0.2, 0.25) is 0 Å². The van der Waals surface area contributed by atoms with Crippen LogP contribution in [0.4, 0.5) is 5.69 Å². The Bertz CT molecular complexity index is 615. The standard InChI is InChI=1S/C13H13N3O2/c1-16(2)11-5-3-9(4-6-11)13-14-10(8-17)7-12(18)15-13/h3-8H,1-2H3,(H,14,15,18). The van der Waals surface area contributed by atoms with Crippen molar-refractivity contribution in [1.82, 2.24) is 9.97 Å². The predicted octanol–water partition coefficient (Wildman–Crippen LogP) is 1.32. The fourth-order valence-electron chi connectivity index (χ4n) is 1.59. The zero-order valence-electron chi connectivity index (χ0n) is 10.2. The van der Waals surface area contributed by atoms with Gasteiger partial charge in [-0.1, -0.05) is 0 Å². The van der Waals surface area contributed by atoms with E-state index < -0.39 is 0 Å². The minimum absolute atomic E-state index is 0.130. The van der Waals surface area contributed by atoms with Crippen LogP contribution >= 0.6 is 0 Å². The highest BCUT2D eigenvalue weighted by Crippen LogP contribution is 2.18. The van der Waals surface area contributed by atoms with Crippen molar-refractivity contribution in [2.45, 2.75) is 0 Å². The van der Waals surface area contributed by atoms with Crippen molar-refractivity contribution in [3.63, 3.8) is 0 Å². The molecular formula is C13H13N3O2. The third kappa shape index (κ3) is 2.45. The lowest BCUT2D eigenvalue weighted by Gasteiger charge is -2.12. The SMILES string of the molecule is CN(C)c1ccc(-c2nc(C=O)cc(=O)[nH]2)cc1. The first-order chi connectivity index (χ1) is 8.60. The molecule has 1 heterocycles. The molecule has 92 valence electrons. The number of hydrogen-bond donors (Lipinski definition) is 1. The number of aldehydes is 1. The van der Waals surface area contributed by atoms with Gasteiger partial charge in [-0.25, -0.2) is 4.98 Å². The van der Waals surface area contributed by atoms with Gasteiger partial charge in [0.25, 0.3) is 5.56 Å². The van der Waals surface area contributed by atoms with Gasteiger partial charge in [0.05, 0.1) is 0 Å². The van der Waals surface area contributed by atoms with Crippen LogP contribution in [-0.2, 0) is 0 Å². The van der Waals surface area contributed by atoms with Gasteiger partial charge in [0.1, 0.15) is 11.5 Å². The Kier molecular flexibility index (Phi) is 3.23. The molecule has 0 aliphatic rings. The van der Waals surface area contributed by atoms with Crippen LogP contribution in [0.3, 0.4) is 0 Å². The molecule has 0 atom stereocenters. The number of aromatic nitrogens is 2. The summed E-state index contributed by atoms with van der Waals surface area (Å²) in [5, 5.41) is 0. The van der Waals surface area contributed by atoms with E-state index in [1.807, 2.05) is 43.3 Å². The number of carbonyl (C=O) groups excluding carboxylic acids is 1. The Morgan fingerprint density at radius 3 is 2.44 bits per heavy atom. The largest absolute Gasteiger partial charge is 0.378 e. The van der Waals surface area contributed by atoms with Crippen LogP contribution in [0, 0.1) is 0 Å². The number of rotatable bonds is 3. The maximum Gasteiger partial charge on any atom is 0.251 e. The quantitative estimate of drug-likeness (QED) is 0.825. The molecule has 1 aromatic heterocycles. The van der Waals surface area contributed by atoms with Crippen LogP contribution in [0.2, 0.25) is 0 Å². The third-order valence-corrected chi connectivity index (χ3v) is 2.54. The van der Waals surface area contributed by atoms with E-state index in [2.05, 4.69) is 9.97 Å². The summed E-state index contributed by atoms with van der Waals surface area (Å²) in [6.07, 6.45) is 0.562. The molecule has 2 rings (SSSR count). The van der Waals surface area contributed by atoms with E-state index in [4.69, 9.17) is 0 Å². The van der Waals surface area contributed by atoms with Gasteiger partial charge in [-0.3, -0.25) is 9.59 Å². The number of hydrogen-bond acceptors (Lipinski definition) is 4. The first-order valence-corrected chi connectivity index (χ1v) is 5.44. The second kappa shape index (κ2) is 4.83. The molecule has 5 nitrogen and oxygen atoms in total.